The van der Waals surface area contributed by atoms with Crippen LogP contribution in [-0.2, 0) is 6.54 Å². The van der Waals surface area contributed by atoms with Gasteiger partial charge >= 0.3 is 0 Å². The number of rotatable bonds is 6. The lowest BCUT2D eigenvalue weighted by Gasteiger charge is -2.08. The van der Waals surface area contributed by atoms with E-state index in [1.54, 1.807) is 19.2 Å². The summed E-state index contributed by atoms with van der Waals surface area (Å²) in [5, 5.41) is 0. The van der Waals surface area contributed by atoms with Crippen LogP contribution < -0.4 is 10.2 Å². The number of carbonyl (C=O) groups is 1. The fourth-order valence-corrected chi connectivity index (χ4v) is 2.20. The highest BCUT2D eigenvalue weighted by atomic mass is 16.5. The second kappa shape index (κ2) is 6.43. The van der Waals surface area contributed by atoms with E-state index >= 15 is 0 Å². The molecule has 0 aliphatic heterocycles. The van der Waals surface area contributed by atoms with E-state index in [-0.39, 0.29) is 11.2 Å². The highest BCUT2D eigenvalue weighted by molar-refractivity contribution is 5.95. The first-order valence-corrected chi connectivity index (χ1v) is 7.04. The number of ketones is 1. The number of Topliss-reactive ketones (excluding diaryl/α,β-unsaturated/α-hetero) is 1. The predicted molar refractivity (Wildman–Crippen MR) is 81.1 cm³/mol. The lowest BCUT2D eigenvalue weighted by atomic mass is 10.2. The topological polar surface area (TPSA) is 64.1 Å². The zero-order chi connectivity index (χ0) is 15.4. The third-order valence-corrected chi connectivity index (χ3v) is 3.36. The lowest BCUT2D eigenvalue weighted by molar-refractivity contribution is 0.101. The molecule has 5 heteroatoms. The summed E-state index contributed by atoms with van der Waals surface area (Å²) >= 11 is 0. The summed E-state index contributed by atoms with van der Waals surface area (Å²) in [4.78, 5) is 26.4. The summed E-state index contributed by atoms with van der Waals surface area (Å²) < 4.78 is 7.29. The zero-order valence-electron chi connectivity index (χ0n) is 12.6. The van der Waals surface area contributed by atoms with Crippen LogP contribution in [0.2, 0.25) is 0 Å². The Bertz CT molecular complexity index is 698. The van der Waals surface area contributed by atoms with Gasteiger partial charge < -0.3 is 14.3 Å². The molecule has 0 atom stereocenters. The van der Waals surface area contributed by atoms with Crippen LogP contribution in [0.15, 0.2) is 29.3 Å². The van der Waals surface area contributed by atoms with Gasteiger partial charge in [-0.25, -0.2) is 0 Å². The van der Waals surface area contributed by atoms with Gasteiger partial charge in [0.2, 0.25) is 5.43 Å². The highest BCUT2D eigenvalue weighted by Crippen LogP contribution is 2.12. The summed E-state index contributed by atoms with van der Waals surface area (Å²) in [5.41, 5.74) is 2.25. The Kier molecular flexibility index (Phi) is 4.62. The normalized spacial score (nSPS) is 10.6. The number of H-pyrrole nitrogens is 1. The summed E-state index contributed by atoms with van der Waals surface area (Å²) in [6.45, 7) is 6.48. The van der Waals surface area contributed by atoms with Crippen LogP contribution in [-0.4, -0.2) is 21.9 Å². The van der Waals surface area contributed by atoms with Crippen LogP contribution in [0.3, 0.4) is 0 Å². The van der Waals surface area contributed by atoms with E-state index in [2.05, 4.69) is 4.98 Å². The molecular formula is C16H20N2O3. The number of ether oxygens (including phenoxy) is 1. The van der Waals surface area contributed by atoms with Crippen molar-refractivity contribution >= 4 is 5.78 Å². The molecule has 21 heavy (non-hydrogen) atoms. The van der Waals surface area contributed by atoms with Crippen molar-refractivity contribution in [3.05, 3.63) is 51.7 Å². The molecular weight excluding hydrogens is 268 g/mol. The molecule has 0 amide bonds. The fourth-order valence-electron chi connectivity index (χ4n) is 2.20. The van der Waals surface area contributed by atoms with Gasteiger partial charge in [-0.3, -0.25) is 9.59 Å². The number of pyridine rings is 1. The third-order valence-electron chi connectivity index (χ3n) is 3.36. The van der Waals surface area contributed by atoms with E-state index in [1.807, 2.05) is 24.6 Å². The number of aromatic nitrogens is 2. The number of hydrogen-bond acceptors (Lipinski definition) is 3. The molecule has 112 valence electrons. The monoisotopic (exact) mass is 288 g/mol. The second-order valence-corrected chi connectivity index (χ2v) is 5.03. The summed E-state index contributed by atoms with van der Waals surface area (Å²) in [6.07, 6.45) is 4.31. The Hall–Kier alpha value is -2.30. The molecule has 0 saturated carbocycles. The van der Waals surface area contributed by atoms with E-state index in [4.69, 9.17) is 4.74 Å². The van der Waals surface area contributed by atoms with E-state index in [9.17, 15) is 9.59 Å². The summed E-state index contributed by atoms with van der Waals surface area (Å²) in [6, 6.07) is 3.34. The van der Waals surface area contributed by atoms with E-state index < -0.39 is 0 Å². The molecule has 0 aliphatic carbocycles. The highest BCUT2D eigenvalue weighted by Gasteiger charge is 2.09. The second-order valence-electron chi connectivity index (χ2n) is 5.03. The third kappa shape index (κ3) is 3.42. The molecule has 2 heterocycles. The van der Waals surface area contributed by atoms with E-state index in [1.165, 1.54) is 6.07 Å². The molecule has 0 aliphatic rings. The maximum absolute atomic E-state index is 11.9. The van der Waals surface area contributed by atoms with Crippen molar-refractivity contribution in [2.24, 2.45) is 0 Å². The van der Waals surface area contributed by atoms with Crippen molar-refractivity contribution in [3.8, 4) is 5.75 Å². The van der Waals surface area contributed by atoms with Gasteiger partial charge in [0.05, 0.1) is 13.2 Å². The SMILES string of the molecule is CCCOc1c[nH]c(Cn2ccc(C(C)=O)c2C)cc1=O. The first-order valence-electron chi connectivity index (χ1n) is 7.04. The molecule has 0 unspecified atom stereocenters. The van der Waals surface area contributed by atoms with Gasteiger partial charge in [0.1, 0.15) is 0 Å². The van der Waals surface area contributed by atoms with Crippen LogP contribution in [0.4, 0.5) is 0 Å². The maximum atomic E-state index is 11.9. The minimum absolute atomic E-state index is 0.0445. The molecule has 0 fully saturated rings. The Morgan fingerprint density at radius 2 is 2.19 bits per heavy atom. The average Bonchev–Trinajstić information content (AvgIpc) is 2.79. The van der Waals surface area contributed by atoms with Crippen LogP contribution in [0, 0.1) is 6.92 Å². The molecule has 0 bridgehead atoms. The number of hydrogen-bond donors (Lipinski definition) is 1. The number of carbonyl (C=O) groups excluding carboxylic acids is 1. The summed E-state index contributed by atoms with van der Waals surface area (Å²) in [7, 11) is 0. The first kappa shape index (κ1) is 15.1. The van der Waals surface area contributed by atoms with E-state index in [0.717, 1.165) is 17.8 Å². The van der Waals surface area contributed by atoms with Gasteiger partial charge in [0, 0.05) is 35.4 Å². The smallest absolute Gasteiger partial charge is 0.223 e. The lowest BCUT2D eigenvalue weighted by Crippen LogP contribution is -2.12. The Morgan fingerprint density at radius 1 is 1.43 bits per heavy atom. The number of nitrogens with zero attached hydrogens (tertiary/aromatic N) is 1. The van der Waals surface area contributed by atoms with Crippen LogP contribution >= 0.6 is 0 Å². The van der Waals surface area contributed by atoms with Gasteiger partial charge in [-0.05, 0) is 26.3 Å². The molecule has 2 aromatic rings. The van der Waals surface area contributed by atoms with Gasteiger partial charge in [-0.2, -0.15) is 0 Å². The predicted octanol–water partition coefficient (Wildman–Crippen LogP) is 2.52. The van der Waals surface area contributed by atoms with Crippen molar-refractivity contribution < 1.29 is 9.53 Å². The van der Waals surface area contributed by atoms with Crippen molar-refractivity contribution in [1.82, 2.24) is 9.55 Å². The Labute approximate surface area is 123 Å². The van der Waals surface area contributed by atoms with Crippen molar-refractivity contribution in [2.75, 3.05) is 6.61 Å². The van der Waals surface area contributed by atoms with Crippen molar-refractivity contribution in [1.29, 1.82) is 0 Å². The molecule has 2 aromatic heterocycles. The molecule has 0 aromatic carbocycles. The summed E-state index contributed by atoms with van der Waals surface area (Å²) in [5.74, 6) is 0.386. The number of nitrogens with one attached hydrogen (secondary N) is 1. The van der Waals surface area contributed by atoms with Crippen molar-refractivity contribution in [2.45, 2.75) is 33.7 Å². The standard InChI is InChI=1S/C16H20N2O3/c1-4-7-21-16-9-17-13(8-15(16)20)10-18-6-5-14(11(18)2)12(3)19/h5-6,8-9H,4,7,10H2,1-3H3,(H,17,20). The van der Waals surface area contributed by atoms with Crippen LogP contribution in [0.25, 0.3) is 0 Å². The zero-order valence-corrected chi connectivity index (χ0v) is 12.6. The van der Waals surface area contributed by atoms with Crippen molar-refractivity contribution in [3.63, 3.8) is 0 Å². The van der Waals surface area contributed by atoms with Crippen LogP contribution in [0.5, 0.6) is 5.75 Å². The fraction of sp³-hybridized carbons (Fsp3) is 0.375. The maximum Gasteiger partial charge on any atom is 0.223 e. The van der Waals surface area contributed by atoms with Gasteiger partial charge in [0.25, 0.3) is 0 Å². The Morgan fingerprint density at radius 3 is 2.76 bits per heavy atom. The Balaban J connectivity index is 2.19. The van der Waals surface area contributed by atoms with Gasteiger partial charge in [-0.15, -0.1) is 0 Å². The molecule has 2 rings (SSSR count). The van der Waals surface area contributed by atoms with Crippen LogP contribution in [0.1, 0.15) is 42.0 Å². The largest absolute Gasteiger partial charge is 0.488 e. The molecule has 0 radical (unpaired) electrons. The van der Waals surface area contributed by atoms with E-state index in [0.29, 0.717) is 24.5 Å². The molecule has 0 spiro atoms. The molecule has 5 nitrogen and oxygen atoms in total. The first-order chi connectivity index (χ1) is 10.0. The minimum Gasteiger partial charge on any atom is -0.488 e. The number of aromatic amines is 1. The van der Waals surface area contributed by atoms with Gasteiger partial charge in [0.15, 0.2) is 11.5 Å². The molecule has 0 saturated heterocycles. The molecule has 1 N–H and O–H groups in total. The minimum atomic E-state index is -0.131. The average molecular weight is 288 g/mol. The van der Waals surface area contributed by atoms with Gasteiger partial charge in [-0.1, -0.05) is 6.92 Å². The quantitative estimate of drug-likeness (QED) is 0.831.